The summed E-state index contributed by atoms with van der Waals surface area (Å²) < 4.78 is 15.1. The van der Waals surface area contributed by atoms with Gasteiger partial charge < -0.3 is 23.9 Å². The fraction of sp³-hybridized carbons (Fsp3) is 0.857. The summed E-state index contributed by atoms with van der Waals surface area (Å²) in [6.07, 6.45) is 1.16. The van der Waals surface area contributed by atoms with E-state index in [1.807, 2.05) is 0 Å². The zero-order valence-electron chi connectivity index (χ0n) is 15.2. The number of esters is 1. The van der Waals surface area contributed by atoms with Crippen LogP contribution < -0.4 is 0 Å². The van der Waals surface area contributed by atoms with E-state index in [2.05, 4.69) is 9.68 Å². The molecule has 0 radical (unpaired) electrons. The Labute approximate surface area is 159 Å². The van der Waals surface area contributed by atoms with Crippen LogP contribution in [0.15, 0.2) is 0 Å². The number of carbonyl (C=O) groups is 2. The zero-order valence-corrected chi connectivity index (χ0v) is 15.2. The molecule has 160 valence electrons. The molecule has 0 bridgehead atoms. The molecule has 0 aromatic rings. The van der Waals surface area contributed by atoms with Crippen LogP contribution in [0.5, 0.6) is 0 Å². The number of nitrogens with zero attached hydrogens (tertiary/aromatic N) is 3. The fourth-order valence-electron chi connectivity index (χ4n) is 2.39. The van der Waals surface area contributed by atoms with Crippen molar-refractivity contribution in [3.05, 3.63) is 20.2 Å². The summed E-state index contributed by atoms with van der Waals surface area (Å²) in [5.41, 5.74) is 0. The Morgan fingerprint density at radius 1 is 0.893 bits per heavy atom. The van der Waals surface area contributed by atoms with E-state index >= 15 is 0 Å². The molecular weight excluding hydrogens is 386 g/mol. The SMILES string of the molecule is O=C(OCCOCCO[N+](=O)[O-])C1CCCN1C(=O)OCCCCO[N+](=O)[O-]. The van der Waals surface area contributed by atoms with Crippen molar-refractivity contribution in [2.75, 3.05) is 46.2 Å². The molecule has 0 N–H and O–H groups in total. The number of carbonyl (C=O) groups excluding carboxylic acids is 2. The molecule has 1 rings (SSSR count). The summed E-state index contributed by atoms with van der Waals surface area (Å²) >= 11 is 0. The second kappa shape index (κ2) is 13.3. The molecule has 1 fully saturated rings. The standard InChI is InChI=1S/C14H23N3O11/c18-13(25-10-8-24-9-11-28-17(22)23)12-4-3-5-15(12)14(19)26-6-1-2-7-27-16(20)21/h12H,1-11H2. The highest BCUT2D eigenvalue weighted by atomic mass is 17.0. The Morgan fingerprint density at radius 3 is 2.25 bits per heavy atom. The summed E-state index contributed by atoms with van der Waals surface area (Å²) in [5, 5.41) is 18.1. The van der Waals surface area contributed by atoms with Crippen LogP contribution in [-0.4, -0.2) is 79.4 Å². The molecule has 0 aliphatic carbocycles. The van der Waals surface area contributed by atoms with Crippen LogP contribution in [0, 0.1) is 20.2 Å². The van der Waals surface area contributed by atoms with Gasteiger partial charge in [0.25, 0.3) is 10.2 Å². The Morgan fingerprint density at radius 2 is 1.54 bits per heavy atom. The average molecular weight is 409 g/mol. The molecule has 1 aliphatic rings. The lowest BCUT2D eigenvalue weighted by Gasteiger charge is -2.22. The summed E-state index contributed by atoms with van der Waals surface area (Å²) in [7, 11) is 0. The summed E-state index contributed by atoms with van der Waals surface area (Å²) in [6.45, 7) is 0.0667. The minimum Gasteiger partial charge on any atom is -0.462 e. The molecule has 1 heterocycles. The van der Waals surface area contributed by atoms with Gasteiger partial charge in [0.2, 0.25) is 0 Å². The third-order valence-corrected chi connectivity index (χ3v) is 3.62. The zero-order chi connectivity index (χ0) is 20.8. The van der Waals surface area contributed by atoms with Crippen molar-refractivity contribution in [3.63, 3.8) is 0 Å². The van der Waals surface area contributed by atoms with Crippen molar-refractivity contribution in [1.29, 1.82) is 0 Å². The van der Waals surface area contributed by atoms with Gasteiger partial charge in [-0.05, 0) is 25.7 Å². The van der Waals surface area contributed by atoms with E-state index in [-0.39, 0.29) is 39.6 Å². The molecule has 1 atom stereocenters. The topological polar surface area (TPSA) is 170 Å². The molecule has 0 saturated carbocycles. The normalized spacial score (nSPS) is 15.7. The molecule has 1 unspecified atom stereocenters. The van der Waals surface area contributed by atoms with Gasteiger partial charge in [-0.15, -0.1) is 20.2 Å². The number of likely N-dealkylation sites (tertiary alicyclic amines) is 1. The second-order valence-electron chi connectivity index (χ2n) is 5.57. The first-order chi connectivity index (χ1) is 13.4. The molecule has 14 heteroatoms. The highest BCUT2D eigenvalue weighted by molar-refractivity contribution is 5.82. The lowest BCUT2D eigenvalue weighted by Crippen LogP contribution is -2.42. The van der Waals surface area contributed by atoms with E-state index < -0.39 is 28.3 Å². The lowest BCUT2D eigenvalue weighted by molar-refractivity contribution is -0.758. The number of hydrogen-bond acceptors (Lipinski definition) is 11. The van der Waals surface area contributed by atoms with Gasteiger partial charge in [0.1, 0.15) is 19.3 Å². The first kappa shape index (κ1) is 23.1. The Kier molecular flexibility index (Phi) is 11.0. The summed E-state index contributed by atoms with van der Waals surface area (Å²) in [5.74, 6) is -0.584. The largest absolute Gasteiger partial charge is 0.462 e. The minimum atomic E-state index is -0.933. The van der Waals surface area contributed by atoms with Crippen molar-refractivity contribution in [1.82, 2.24) is 4.90 Å². The number of ether oxygens (including phenoxy) is 3. The van der Waals surface area contributed by atoms with E-state index in [0.29, 0.717) is 32.2 Å². The Bertz CT molecular complexity index is 531. The highest BCUT2D eigenvalue weighted by Crippen LogP contribution is 2.19. The van der Waals surface area contributed by atoms with E-state index in [4.69, 9.17) is 14.2 Å². The van der Waals surface area contributed by atoms with Crippen LogP contribution >= 0.6 is 0 Å². The van der Waals surface area contributed by atoms with Crippen LogP contribution in [0.3, 0.4) is 0 Å². The van der Waals surface area contributed by atoms with Gasteiger partial charge in [-0.25, -0.2) is 9.59 Å². The number of amides is 1. The highest BCUT2D eigenvalue weighted by Gasteiger charge is 2.36. The predicted octanol–water partition coefficient (Wildman–Crippen LogP) is 0.344. The maximum Gasteiger partial charge on any atom is 0.410 e. The molecule has 1 aliphatic heterocycles. The summed E-state index contributed by atoms with van der Waals surface area (Å²) in [4.78, 5) is 53.6. The maximum absolute atomic E-state index is 12.1. The van der Waals surface area contributed by atoms with Gasteiger partial charge in [0, 0.05) is 6.54 Å². The van der Waals surface area contributed by atoms with E-state index in [1.165, 1.54) is 4.90 Å². The lowest BCUT2D eigenvalue weighted by atomic mass is 10.2. The van der Waals surface area contributed by atoms with Crippen LogP contribution in [0.1, 0.15) is 25.7 Å². The van der Waals surface area contributed by atoms with Crippen molar-refractivity contribution < 1.29 is 43.6 Å². The Hall–Kier alpha value is -2.90. The minimum absolute atomic E-state index is 0.0207. The second-order valence-corrected chi connectivity index (χ2v) is 5.57. The number of unbranched alkanes of at least 4 members (excludes halogenated alkanes) is 1. The smallest absolute Gasteiger partial charge is 0.410 e. The fourth-order valence-corrected chi connectivity index (χ4v) is 2.39. The van der Waals surface area contributed by atoms with Crippen LogP contribution in [0.2, 0.25) is 0 Å². The molecule has 1 amide bonds. The number of rotatable bonds is 14. The van der Waals surface area contributed by atoms with Gasteiger partial charge in [-0.1, -0.05) is 0 Å². The molecule has 0 aromatic carbocycles. The Balaban J connectivity index is 2.18. The monoisotopic (exact) mass is 409 g/mol. The van der Waals surface area contributed by atoms with Crippen LogP contribution in [0.4, 0.5) is 4.79 Å². The molecule has 28 heavy (non-hydrogen) atoms. The van der Waals surface area contributed by atoms with E-state index in [9.17, 15) is 29.8 Å². The van der Waals surface area contributed by atoms with Crippen LogP contribution in [0.25, 0.3) is 0 Å². The quantitative estimate of drug-likeness (QED) is 0.168. The first-order valence-corrected chi connectivity index (χ1v) is 8.64. The average Bonchev–Trinajstić information content (AvgIpc) is 3.13. The predicted molar refractivity (Wildman–Crippen MR) is 88.0 cm³/mol. The van der Waals surface area contributed by atoms with E-state index in [1.54, 1.807) is 0 Å². The van der Waals surface area contributed by atoms with Crippen molar-refractivity contribution in [2.45, 2.75) is 31.7 Å². The molecular formula is C14H23N3O11. The van der Waals surface area contributed by atoms with Gasteiger partial charge in [0.05, 0.1) is 26.4 Å². The van der Waals surface area contributed by atoms with Gasteiger partial charge >= 0.3 is 12.1 Å². The molecule has 0 aromatic heterocycles. The van der Waals surface area contributed by atoms with Crippen LogP contribution in [-0.2, 0) is 28.7 Å². The third kappa shape index (κ3) is 9.70. The molecule has 14 nitrogen and oxygen atoms in total. The first-order valence-electron chi connectivity index (χ1n) is 8.64. The van der Waals surface area contributed by atoms with Crippen molar-refractivity contribution in [3.8, 4) is 0 Å². The number of hydrogen-bond donors (Lipinski definition) is 0. The van der Waals surface area contributed by atoms with Crippen molar-refractivity contribution in [2.24, 2.45) is 0 Å². The van der Waals surface area contributed by atoms with Gasteiger partial charge in [0.15, 0.2) is 0 Å². The van der Waals surface area contributed by atoms with Gasteiger partial charge in [-0.2, -0.15) is 0 Å². The maximum atomic E-state index is 12.1. The van der Waals surface area contributed by atoms with E-state index in [0.717, 1.165) is 0 Å². The van der Waals surface area contributed by atoms with Crippen molar-refractivity contribution >= 4 is 12.1 Å². The molecule has 0 spiro atoms. The third-order valence-electron chi connectivity index (χ3n) is 3.62. The van der Waals surface area contributed by atoms with Gasteiger partial charge in [-0.3, -0.25) is 4.90 Å². The summed E-state index contributed by atoms with van der Waals surface area (Å²) in [6, 6.07) is -0.747. The molecule has 1 saturated heterocycles.